The Balaban J connectivity index is 2.12. The fourth-order valence-corrected chi connectivity index (χ4v) is 2.20. The van der Waals surface area contributed by atoms with Crippen molar-refractivity contribution in [2.45, 2.75) is 6.92 Å². The number of aromatic amines is 1. The zero-order valence-electron chi connectivity index (χ0n) is 12.6. The number of nitrogens with zero attached hydrogens (tertiary/aromatic N) is 3. The standard InChI is InChI=1S/C16H12ClN5O2/c1-8(2)14(23)22-16-18-7-10-13(21-16)19-12(20-15(10)24)9-5-3-4-6-11(9)17/h3-7H,1H2,2H3,(H2,18,19,20,21,22,23,24). The first-order valence-corrected chi connectivity index (χ1v) is 7.32. The van der Waals surface area contributed by atoms with Crippen molar-refractivity contribution in [3.8, 4) is 11.4 Å². The Morgan fingerprint density at radius 3 is 2.75 bits per heavy atom. The predicted molar refractivity (Wildman–Crippen MR) is 91.8 cm³/mol. The van der Waals surface area contributed by atoms with Crippen molar-refractivity contribution in [2.24, 2.45) is 0 Å². The number of hydrogen-bond acceptors (Lipinski definition) is 5. The van der Waals surface area contributed by atoms with Gasteiger partial charge in [-0.15, -0.1) is 0 Å². The highest BCUT2D eigenvalue weighted by molar-refractivity contribution is 6.33. The molecule has 0 bridgehead atoms. The molecule has 0 unspecified atom stereocenters. The van der Waals surface area contributed by atoms with Gasteiger partial charge in [0, 0.05) is 17.3 Å². The highest BCUT2D eigenvalue weighted by atomic mass is 35.5. The number of nitrogens with one attached hydrogen (secondary N) is 2. The second kappa shape index (κ2) is 6.21. The van der Waals surface area contributed by atoms with Crippen molar-refractivity contribution in [3.05, 3.63) is 58.0 Å². The number of amides is 1. The minimum atomic E-state index is -0.412. The van der Waals surface area contributed by atoms with Crippen LogP contribution in [0.4, 0.5) is 5.95 Å². The molecule has 1 amide bonds. The zero-order chi connectivity index (χ0) is 17.3. The number of benzene rings is 1. The molecule has 7 nitrogen and oxygen atoms in total. The number of carbonyl (C=O) groups excluding carboxylic acids is 1. The second-order valence-corrected chi connectivity index (χ2v) is 5.47. The van der Waals surface area contributed by atoms with Gasteiger partial charge in [-0.1, -0.05) is 30.3 Å². The number of rotatable bonds is 3. The van der Waals surface area contributed by atoms with Gasteiger partial charge in [-0.3, -0.25) is 14.9 Å². The summed E-state index contributed by atoms with van der Waals surface area (Å²) in [4.78, 5) is 38.9. The van der Waals surface area contributed by atoms with E-state index in [4.69, 9.17) is 11.6 Å². The van der Waals surface area contributed by atoms with Crippen LogP contribution in [0.3, 0.4) is 0 Å². The number of carbonyl (C=O) groups is 1. The van der Waals surface area contributed by atoms with E-state index in [0.29, 0.717) is 16.2 Å². The maximum Gasteiger partial charge on any atom is 0.262 e. The highest BCUT2D eigenvalue weighted by Gasteiger charge is 2.12. The molecular formula is C16H12ClN5O2. The third-order valence-corrected chi connectivity index (χ3v) is 3.53. The number of aromatic nitrogens is 4. The second-order valence-electron chi connectivity index (χ2n) is 5.06. The molecule has 2 N–H and O–H groups in total. The van der Waals surface area contributed by atoms with E-state index in [1.54, 1.807) is 31.2 Å². The number of fused-ring (bicyclic) bond motifs is 1. The van der Waals surface area contributed by atoms with Crippen LogP contribution in [0.2, 0.25) is 5.02 Å². The number of hydrogen-bond donors (Lipinski definition) is 2. The molecule has 0 aliphatic carbocycles. The molecule has 120 valence electrons. The molecule has 3 aromatic rings. The summed E-state index contributed by atoms with van der Waals surface area (Å²) in [6.45, 7) is 5.10. The maximum absolute atomic E-state index is 12.2. The van der Waals surface area contributed by atoms with Crippen molar-refractivity contribution in [1.82, 2.24) is 19.9 Å². The lowest BCUT2D eigenvalue weighted by Gasteiger charge is -2.06. The van der Waals surface area contributed by atoms with Crippen LogP contribution in [0, 0.1) is 0 Å². The van der Waals surface area contributed by atoms with Crippen molar-refractivity contribution in [1.29, 1.82) is 0 Å². The fourth-order valence-electron chi connectivity index (χ4n) is 1.98. The number of halogens is 1. The van der Waals surface area contributed by atoms with Crippen LogP contribution in [0.1, 0.15) is 6.92 Å². The van der Waals surface area contributed by atoms with Gasteiger partial charge in [0.25, 0.3) is 11.5 Å². The smallest absolute Gasteiger partial charge is 0.262 e. The minimum absolute atomic E-state index is 0.0405. The van der Waals surface area contributed by atoms with E-state index in [0.717, 1.165) is 0 Å². The molecule has 2 heterocycles. The summed E-state index contributed by atoms with van der Waals surface area (Å²) < 4.78 is 0. The Morgan fingerprint density at radius 1 is 1.29 bits per heavy atom. The largest absolute Gasteiger partial charge is 0.306 e. The van der Waals surface area contributed by atoms with Gasteiger partial charge in [-0.25, -0.2) is 9.97 Å². The molecule has 0 saturated heterocycles. The van der Waals surface area contributed by atoms with Crippen LogP contribution in [-0.2, 0) is 4.79 Å². The number of anilines is 1. The molecule has 0 spiro atoms. The molecule has 0 fully saturated rings. The van der Waals surface area contributed by atoms with Gasteiger partial charge >= 0.3 is 0 Å². The fraction of sp³-hybridized carbons (Fsp3) is 0.0625. The summed E-state index contributed by atoms with van der Waals surface area (Å²) >= 11 is 6.14. The van der Waals surface area contributed by atoms with E-state index < -0.39 is 11.5 Å². The molecule has 0 aliphatic heterocycles. The van der Waals surface area contributed by atoms with E-state index in [1.165, 1.54) is 6.20 Å². The summed E-state index contributed by atoms with van der Waals surface area (Å²) in [5, 5.41) is 3.14. The molecular weight excluding hydrogens is 330 g/mol. The first kappa shape index (κ1) is 15.8. The van der Waals surface area contributed by atoms with Gasteiger partial charge in [0.1, 0.15) is 11.2 Å². The maximum atomic E-state index is 12.2. The van der Waals surface area contributed by atoms with E-state index in [9.17, 15) is 9.59 Å². The van der Waals surface area contributed by atoms with Gasteiger partial charge < -0.3 is 4.98 Å². The third-order valence-electron chi connectivity index (χ3n) is 3.20. The quantitative estimate of drug-likeness (QED) is 0.713. The lowest BCUT2D eigenvalue weighted by molar-refractivity contribution is -0.112. The molecule has 8 heteroatoms. The van der Waals surface area contributed by atoms with Crippen LogP contribution < -0.4 is 10.9 Å². The number of H-pyrrole nitrogens is 1. The van der Waals surface area contributed by atoms with Gasteiger partial charge in [-0.05, 0) is 19.1 Å². The van der Waals surface area contributed by atoms with E-state index in [2.05, 4.69) is 31.8 Å². The van der Waals surface area contributed by atoms with Crippen LogP contribution >= 0.6 is 11.6 Å². The predicted octanol–water partition coefficient (Wildman–Crippen LogP) is 2.55. The molecule has 0 radical (unpaired) electrons. The minimum Gasteiger partial charge on any atom is -0.306 e. The normalized spacial score (nSPS) is 10.6. The highest BCUT2D eigenvalue weighted by Crippen LogP contribution is 2.24. The molecule has 0 saturated carbocycles. The Kier molecular flexibility index (Phi) is 4.09. The summed E-state index contributed by atoms with van der Waals surface area (Å²) in [7, 11) is 0. The Hall–Kier alpha value is -3.06. The average Bonchev–Trinajstić information content (AvgIpc) is 2.54. The molecule has 0 aliphatic rings. The summed E-state index contributed by atoms with van der Waals surface area (Å²) in [6.07, 6.45) is 1.30. The first-order chi connectivity index (χ1) is 11.5. The molecule has 0 atom stereocenters. The topological polar surface area (TPSA) is 101 Å². The van der Waals surface area contributed by atoms with Crippen LogP contribution in [0.25, 0.3) is 22.4 Å². The first-order valence-electron chi connectivity index (χ1n) is 6.94. The van der Waals surface area contributed by atoms with E-state index >= 15 is 0 Å². The van der Waals surface area contributed by atoms with Crippen LogP contribution in [-0.4, -0.2) is 25.8 Å². The summed E-state index contributed by atoms with van der Waals surface area (Å²) in [5.74, 6) is -0.0850. The van der Waals surface area contributed by atoms with Gasteiger partial charge in [0.05, 0.1) is 5.02 Å². The molecule has 1 aromatic carbocycles. The average molecular weight is 342 g/mol. The lowest BCUT2D eigenvalue weighted by Crippen LogP contribution is -2.16. The Morgan fingerprint density at radius 2 is 2.04 bits per heavy atom. The van der Waals surface area contributed by atoms with E-state index in [-0.39, 0.29) is 22.8 Å². The molecule has 3 rings (SSSR count). The van der Waals surface area contributed by atoms with Crippen molar-refractivity contribution >= 4 is 34.5 Å². The molecule has 2 aromatic heterocycles. The van der Waals surface area contributed by atoms with E-state index in [1.807, 2.05) is 0 Å². The van der Waals surface area contributed by atoms with Crippen molar-refractivity contribution in [3.63, 3.8) is 0 Å². The van der Waals surface area contributed by atoms with Gasteiger partial charge in [0.2, 0.25) is 5.95 Å². The summed E-state index contributed by atoms with van der Waals surface area (Å²) in [5.41, 5.74) is 0.645. The molecule has 24 heavy (non-hydrogen) atoms. The summed E-state index contributed by atoms with van der Waals surface area (Å²) in [6, 6.07) is 6.99. The van der Waals surface area contributed by atoms with Crippen LogP contribution in [0.15, 0.2) is 47.4 Å². The van der Waals surface area contributed by atoms with Crippen molar-refractivity contribution < 1.29 is 4.79 Å². The SMILES string of the molecule is C=C(C)C(=O)Nc1ncc2c(=O)[nH]c(-c3ccccc3Cl)nc2n1. The Bertz CT molecular complexity index is 1030. The lowest BCUT2D eigenvalue weighted by atomic mass is 10.2. The Labute approximate surface area is 141 Å². The third kappa shape index (κ3) is 3.02. The van der Waals surface area contributed by atoms with Gasteiger partial charge in [-0.2, -0.15) is 4.98 Å². The van der Waals surface area contributed by atoms with Crippen molar-refractivity contribution in [2.75, 3.05) is 5.32 Å². The van der Waals surface area contributed by atoms with Crippen LogP contribution in [0.5, 0.6) is 0 Å². The van der Waals surface area contributed by atoms with Gasteiger partial charge in [0.15, 0.2) is 5.65 Å². The zero-order valence-corrected chi connectivity index (χ0v) is 13.4. The monoisotopic (exact) mass is 341 g/mol.